The molecule has 34 heavy (non-hydrogen) atoms. The molecule has 0 aromatic heterocycles. The van der Waals surface area contributed by atoms with Gasteiger partial charge in [0.25, 0.3) is 0 Å². The zero-order valence-electron chi connectivity index (χ0n) is 18.3. The fourth-order valence-electron chi connectivity index (χ4n) is 2.60. The molecule has 3 atom stereocenters. The van der Waals surface area contributed by atoms with Gasteiger partial charge in [0.15, 0.2) is 17.3 Å². The van der Waals surface area contributed by atoms with Crippen LogP contribution in [0.4, 0.5) is 0 Å². The van der Waals surface area contributed by atoms with Crippen LogP contribution in [-0.2, 0) is 19.2 Å². The smallest absolute Gasteiger partial charge is 0.243 e. The summed E-state index contributed by atoms with van der Waals surface area (Å²) < 4.78 is 4.95. The van der Waals surface area contributed by atoms with Gasteiger partial charge in [0.05, 0.1) is 37.4 Å². The van der Waals surface area contributed by atoms with Gasteiger partial charge in [0, 0.05) is 24.2 Å². The Morgan fingerprint density at radius 1 is 1.21 bits per heavy atom. The number of aliphatic hydroxyl groups excluding tert-OH is 1. The number of aliphatic carboxylic acids is 2. The van der Waals surface area contributed by atoms with Crippen molar-refractivity contribution in [3.63, 3.8) is 0 Å². The van der Waals surface area contributed by atoms with Gasteiger partial charge in [-0.2, -0.15) is 0 Å². The van der Waals surface area contributed by atoms with Crippen molar-refractivity contribution in [3.8, 4) is 11.5 Å². The first-order chi connectivity index (χ1) is 16.0. The maximum atomic E-state index is 12.8. The lowest BCUT2D eigenvalue weighted by atomic mass is 10.1. The monoisotopic (exact) mass is 500 g/mol. The predicted octanol–water partition coefficient (Wildman–Crippen LogP) is -4.83. The highest BCUT2D eigenvalue weighted by Crippen LogP contribution is 2.28. The summed E-state index contributed by atoms with van der Waals surface area (Å²) in [6, 6.07) is 1.38. The number of aromatic hydroxyl groups is 1. The summed E-state index contributed by atoms with van der Waals surface area (Å²) in [7, 11) is 1.30. The Kier molecular flexibility index (Phi) is 11.8. The standard InChI is InChI=1S/C20H27N3O10S/c1-33-14-6-10(2-4-13(14)25)18(29)15(8-24)34-9-12(19(30)22-7-17(27)28)23-16(26)5-3-11(21)20(31)32/h2,4,6,11-12,15,24-25H,3,5,7-9,21H2,1H3,(H,22,30)(H,23,26)(H,27,28)(H,31,32)/p-1/t11-,12-,15-/m0/s1. The number of nitrogens with one attached hydrogen (secondary N) is 2. The van der Waals surface area contributed by atoms with Gasteiger partial charge >= 0.3 is 0 Å². The molecule has 0 heterocycles. The third-order valence-electron chi connectivity index (χ3n) is 4.50. The van der Waals surface area contributed by atoms with Crippen molar-refractivity contribution in [2.75, 3.05) is 26.0 Å². The highest BCUT2D eigenvalue weighted by Gasteiger charge is 2.27. The van der Waals surface area contributed by atoms with E-state index in [1.165, 1.54) is 25.3 Å². The Bertz CT molecular complexity index is 911. The van der Waals surface area contributed by atoms with Crippen LogP contribution >= 0.6 is 11.8 Å². The third-order valence-corrected chi connectivity index (χ3v) is 5.79. The number of Topliss-reactive ketones (excluding diaryl/α,β-unsaturated/α-hetero) is 1. The summed E-state index contributed by atoms with van der Waals surface area (Å²) in [4.78, 5) is 58.6. The average molecular weight is 501 g/mol. The normalized spacial score (nSPS) is 13.3. The molecule has 0 spiro atoms. The molecule has 0 aliphatic carbocycles. The minimum Gasteiger partial charge on any atom is -0.548 e. The molecule has 0 aliphatic heterocycles. The number of phenolic OH excluding ortho intramolecular Hbond substituents is 1. The lowest BCUT2D eigenvalue weighted by Gasteiger charge is -2.21. The van der Waals surface area contributed by atoms with Crippen LogP contribution in [-0.4, -0.2) is 83.1 Å². The number of quaternary nitrogens is 1. The zero-order valence-corrected chi connectivity index (χ0v) is 19.1. The van der Waals surface area contributed by atoms with Crippen molar-refractivity contribution in [1.82, 2.24) is 10.6 Å². The number of benzene rings is 1. The first kappa shape index (κ1) is 28.7. The van der Waals surface area contributed by atoms with Gasteiger partial charge in [0.2, 0.25) is 11.8 Å². The highest BCUT2D eigenvalue weighted by atomic mass is 32.2. The Morgan fingerprint density at radius 3 is 2.44 bits per heavy atom. The van der Waals surface area contributed by atoms with E-state index in [4.69, 9.17) is 4.74 Å². The SMILES string of the molecule is COc1cc(C(=O)[C@H](CO)SC[C@H](NC(=O)CC[C@H]([NH3+])C(=O)[O-])C(=O)NCC(=O)[O-])ccc1O. The molecule has 0 saturated carbocycles. The summed E-state index contributed by atoms with van der Waals surface area (Å²) in [6.45, 7) is -1.44. The van der Waals surface area contributed by atoms with Crippen LogP contribution in [0.25, 0.3) is 0 Å². The molecule has 0 fully saturated rings. The molecule has 7 N–H and O–H groups in total. The van der Waals surface area contributed by atoms with Crippen LogP contribution in [0.1, 0.15) is 23.2 Å². The van der Waals surface area contributed by atoms with Crippen molar-refractivity contribution in [2.24, 2.45) is 0 Å². The second kappa shape index (κ2) is 14.0. The largest absolute Gasteiger partial charge is 0.548 e. The number of phenols is 1. The first-order valence-electron chi connectivity index (χ1n) is 9.94. The van der Waals surface area contributed by atoms with Crippen LogP contribution in [0.3, 0.4) is 0 Å². The van der Waals surface area contributed by atoms with E-state index in [2.05, 4.69) is 16.4 Å². The maximum Gasteiger partial charge on any atom is 0.243 e. The number of thioether (sulfide) groups is 1. The number of methoxy groups -OCH3 is 1. The van der Waals surface area contributed by atoms with Gasteiger partial charge < -0.3 is 51.1 Å². The third kappa shape index (κ3) is 9.25. The number of carboxylic acid groups (broad SMARTS) is 2. The number of carboxylic acids is 2. The fraction of sp³-hybridized carbons (Fsp3) is 0.450. The Hall–Kier alpha value is -3.36. The molecule has 0 radical (unpaired) electrons. The summed E-state index contributed by atoms with van der Waals surface area (Å²) in [5, 5.41) is 44.1. The predicted molar refractivity (Wildman–Crippen MR) is 113 cm³/mol. The van der Waals surface area contributed by atoms with Crippen LogP contribution < -0.4 is 31.3 Å². The minimum absolute atomic E-state index is 0.0413. The molecule has 1 aromatic carbocycles. The number of carbonyl (C=O) groups excluding carboxylic acids is 5. The lowest BCUT2D eigenvalue weighted by molar-refractivity contribution is -0.438. The number of hydrogen-bond donors (Lipinski definition) is 5. The summed E-state index contributed by atoms with van der Waals surface area (Å²) in [5.74, 6) is -5.52. The highest BCUT2D eigenvalue weighted by molar-refractivity contribution is 8.00. The van der Waals surface area contributed by atoms with E-state index in [1.54, 1.807) is 0 Å². The molecule has 2 amide bonds. The molecule has 1 aromatic rings. The van der Waals surface area contributed by atoms with E-state index in [0.29, 0.717) is 0 Å². The van der Waals surface area contributed by atoms with Crippen molar-refractivity contribution in [1.29, 1.82) is 0 Å². The zero-order chi connectivity index (χ0) is 25.8. The number of rotatable bonds is 15. The van der Waals surface area contributed by atoms with Gasteiger partial charge in [-0.1, -0.05) is 0 Å². The number of aliphatic hydroxyl groups is 1. The van der Waals surface area contributed by atoms with E-state index < -0.39 is 60.0 Å². The van der Waals surface area contributed by atoms with E-state index in [0.717, 1.165) is 11.8 Å². The van der Waals surface area contributed by atoms with E-state index >= 15 is 0 Å². The van der Waals surface area contributed by atoms with E-state index in [9.17, 15) is 44.4 Å². The number of ether oxygens (including phenoxy) is 1. The molecule has 1 rings (SSSR count). The topological polar surface area (TPSA) is 233 Å². The van der Waals surface area contributed by atoms with Crippen molar-refractivity contribution in [3.05, 3.63) is 23.8 Å². The van der Waals surface area contributed by atoms with E-state index in [1.807, 2.05) is 0 Å². The van der Waals surface area contributed by atoms with Crippen LogP contribution in [0, 0.1) is 0 Å². The molecule has 0 aliphatic rings. The second-order valence-corrected chi connectivity index (χ2v) is 8.26. The molecule has 0 bridgehead atoms. The van der Waals surface area contributed by atoms with E-state index in [-0.39, 0.29) is 35.7 Å². The number of amides is 2. The number of hydrogen-bond acceptors (Lipinski definition) is 11. The molecule has 0 saturated heterocycles. The van der Waals surface area contributed by atoms with Crippen LogP contribution in [0.5, 0.6) is 11.5 Å². The Balaban J connectivity index is 2.89. The van der Waals surface area contributed by atoms with Gasteiger partial charge in [-0.25, -0.2) is 0 Å². The average Bonchev–Trinajstić information content (AvgIpc) is 2.80. The number of carbonyl (C=O) groups is 5. The van der Waals surface area contributed by atoms with Gasteiger partial charge in [0.1, 0.15) is 12.1 Å². The van der Waals surface area contributed by atoms with Crippen molar-refractivity contribution < 1.29 is 54.9 Å². The molecule has 13 nitrogen and oxygen atoms in total. The molecule has 0 unspecified atom stereocenters. The quantitative estimate of drug-likeness (QED) is 0.143. The van der Waals surface area contributed by atoms with Crippen molar-refractivity contribution >= 4 is 41.3 Å². The first-order valence-corrected chi connectivity index (χ1v) is 11.0. The lowest BCUT2D eigenvalue weighted by Crippen LogP contribution is -2.68. The summed E-state index contributed by atoms with van der Waals surface area (Å²) in [6.07, 6.45) is -0.456. The fourth-order valence-corrected chi connectivity index (χ4v) is 3.65. The minimum atomic E-state index is -1.57. The van der Waals surface area contributed by atoms with Gasteiger partial charge in [-0.3, -0.25) is 14.4 Å². The molecular weight excluding hydrogens is 474 g/mol. The second-order valence-electron chi connectivity index (χ2n) is 7.02. The molecular formula is C20H26N3O10S-. The summed E-state index contributed by atoms with van der Waals surface area (Å²) in [5.41, 5.74) is 3.44. The molecule has 14 heteroatoms. The maximum absolute atomic E-state index is 12.8. The van der Waals surface area contributed by atoms with Crippen molar-refractivity contribution in [2.45, 2.75) is 30.2 Å². The summed E-state index contributed by atoms with van der Waals surface area (Å²) >= 11 is 0.826. The van der Waals surface area contributed by atoms with Crippen LogP contribution in [0.2, 0.25) is 0 Å². The Morgan fingerprint density at radius 2 is 1.88 bits per heavy atom. The van der Waals surface area contributed by atoms with Gasteiger partial charge in [-0.15, -0.1) is 11.8 Å². The Labute approximate surface area is 198 Å². The number of ketones is 1. The molecule has 188 valence electrons. The van der Waals surface area contributed by atoms with Gasteiger partial charge in [-0.05, 0) is 18.2 Å². The van der Waals surface area contributed by atoms with Crippen LogP contribution in [0.15, 0.2) is 18.2 Å².